The number of fused-ring (bicyclic) bond motifs is 3. The Hall–Kier alpha value is -2.17. The van der Waals surface area contributed by atoms with Crippen LogP contribution in [0.5, 0.6) is 0 Å². The molecule has 1 aromatic carbocycles. The molecular formula is C14H14N2O3. The molecule has 0 fully saturated rings. The van der Waals surface area contributed by atoms with Crippen LogP contribution in [-0.2, 0) is 11.2 Å². The average Bonchev–Trinajstić information content (AvgIpc) is 2.84. The maximum absolute atomic E-state index is 11.8. The Morgan fingerprint density at radius 2 is 2.32 bits per heavy atom. The smallest absolute Gasteiger partial charge is 0.339 e. The third kappa shape index (κ3) is 1.73. The third-order valence-corrected chi connectivity index (χ3v) is 3.73. The van der Waals surface area contributed by atoms with Crippen molar-refractivity contribution in [3.63, 3.8) is 0 Å². The number of benzene rings is 1. The fourth-order valence-corrected chi connectivity index (χ4v) is 2.87. The molecule has 98 valence electrons. The Morgan fingerprint density at radius 3 is 3.05 bits per heavy atom. The monoisotopic (exact) mass is 258 g/mol. The molecular weight excluding hydrogens is 244 g/mol. The Labute approximate surface area is 109 Å². The molecule has 1 aliphatic rings. The SMILES string of the molecule is COC(=O)c1cccc2c3c([nH]c12)CCCC3N=O. The van der Waals surface area contributed by atoms with Crippen molar-refractivity contribution >= 4 is 16.9 Å². The number of aromatic amines is 1. The second kappa shape index (κ2) is 4.50. The van der Waals surface area contributed by atoms with Gasteiger partial charge in [0.15, 0.2) is 0 Å². The maximum atomic E-state index is 11.8. The van der Waals surface area contributed by atoms with E-state index < -0.39 is 0 Å². The van der Waals surface area contributed by atoms with Crippen molar-refractivity contribution in [3.05, 3.63) is 39.9 Å². The first kappa shape index (κ1) is 11.9. The number of para-hydroxylation sites is 1. The highest BCUT2D eigenvalue weighted by Gasteiger charge is 2.27. The molecule has 0 aliphatic heterocycles. The molecule has 1 aromatic heterocycles. The number of nitrogens with one attached hydrogen (secondary N) is 1. The van der Waals surface area contributed by atoms with E-state index in [2.05, 4.69) is 10.2 Å². The van der Waals surface area contributed by atoms with Gasteiger partial charge in [0.05, 0.1) is 18.2 Å². The molecule has 1 aliphatic carbocycles. The number of hydrogen-bond donors (Lipinski definition) is 1. The normalized spacial score (nSPS) is 18.1. The van der Waals surface area contributed by atoms with Crippen molar-refractivity contribution in [1.82, 2.24) is 4.98 Å². The molecule has 19 heavy (non-hydrogen) atoms. The lowest BCUT2D eigenvalue weighted by molar-refractivity contribution is 0.0603. The molecule has 2 aromatic rings. The first-order chi connectivity index (χ1) is 9.26. The van der Waals surface area contributed by atoms with Crippen molar-refractivity contribution in [3.8, 4) is 0 Å². The van der Waals surface area contributed by atoms with E-state index in [4.69, 9.17) is 4.74 Å². The van der Waals surface area contributed by atoms with Gasteiger partial charge >= 0.3 is 5.97 Å². The van der Waals surface area contributed by atoms with Gasteiger partial charge in [0, 0.05) is 16.6 Å². The summed E-state index contributed by atoms with van der Waals surface area (Å²) < 4.78 is 4.79. The van der Waals surface area contributed by atoms with Crippen LogP contribution in [0.4, 0.5) is 0 Å². The summed E-state index contributed by atoms with van der Waals surface area (Å²) in [5.41, 5.74) is 3.21. The molecule has 5 nitrogen and oxygen atoms in total. The van der Waals surface area contributed by atoms with Crippen molar-refractivity contribution in [2.45, 2.75) is 25.3 Å². The van der Waals surface area contributed by atoms with Crippen LogP contribution in [0.2, 0.25) is 0 Å². The van der Waals surface area contributed by atoms with Crippen LogP contribution in [0.3, 0.4) is 0 Å². The molecule has 3 rings (SSSR count). The number of rotatable bonds is 2. The highest BCUT2D eigenvalue weighted by atomic mass is 16.5. The van der Waals surface area contributed by atoms with Gasteiger partial charge in [-0.1, -0.05) is 17.3 Å². The molecule has 5 heteroatoms. The number of hydrogen-bond acceptors (Lipinski definition) is 4. The lowest BCUT2D eigenvalue weighted by atomic mass is 9.91. The van der Waals surface area contributed by atoms with E-state index in [0.29, 0.717) is 5.56 Å². The van der Waals surface area contributed by atoms with E-state index in [9.17, 15) is 9.70 Å². The van der Waals surface area contributed by atoms with Crippen molar-refractivity contribution in [2.24, 2.45) is 5.18 Å². The summed E-state index contributed by atoms with van der Waals surface area (Å²) in [6.07, 6.45) is 2.59. The number of nitroso groups, excluding NO2 is 1. The number of carbonyl (C=O) groups excluding carboxylic acids is 1. The number of methoxy groups -OCH3 is 1. The second-order valence-corrected chi connectivity index (χ2v) is 4.75. The zero-order valence-corrected chi connectivity index (χ0v) is 10.6. The molecule has 0 bridgehead atoms. The van der Waals surface area contributed by atoms with E-state index in [1.54, 1.807) is 12.1 Å². The highest BCUT2D eigenvalue weighted by molar-refractivity contribution is 6.04. The third-order valence-electron chi connectivity index (χ3n) is 3.73. The van der Waals surface area contributed by atoms with Gasteiger partial charge < -0.3 is 9.72 Å². The Morgan fingerprint density at radius 1 is 1.47 bits per heavy atom. The second-order valence-electron chi connectivity index (χ2n) is 4.75. The van der Waals surface area contributed by atoms with Crippen molar-refractivity contribution in [2.75, 3.05) is 7.11 Å². The van der Waals surface area contributed by atoms with Crippen LogP contribution in [0.15, 0.2) is 23.4 Å². The van der Waals surface area contributed by atoms with Crippen LogP contribution in [-0.4, -0.2) is 18.1 Å². The standard InChI is InChI=1S/C14H14N2O3/c1-19-14(17)9-5-2-4-8-12-10(15-13(8)9)6-3-7-11(12)16-18/h2,4-5,11,15H,3,6-7H2,1H3. The predicted molar refractivity (Wildman–Crippen MR) is 71.1 cm³/mol. The van der Waals surface area contributed by atoms with E-state index in [0.717, 1.165) is 41.4 Å². The molecule has 1 unspecified atom stereocenters. The number of aryl methyl sites for hydroxylation is 1. The predicted octanol–water partition coefficient (Wildman–Crippen LogP) is 3.10. The van der Waals surface area contributed by atoms with Gasteiger partial charge in [0.25, 0.3) is 0 Å². The van der Waals surface area contributed by atoms with E-state index in [1.165, 1.54) is 7.11 Å². The minimum Gasteiger partial charge on any atom is -0.465 e. The first-order valence-electron chi connectivity index (χ1n) is 6.30. The Kier molecular flexibility index (Phi) is 2.81. The molecule has 0 radical (unpaired) electrons. The quantitative estimate of drug-likeness (QED) is 0.664. The highest BCUT2D eigenvalue weighted by Crippen LogP contribution is 2.38. The number of nitrogens with zero attached hydrogens (tertiary/aromatic N) is 1. The molecule has 1 heterocycles. The number of esters is 1. The summed E-state index contributed by atoms with van der Waals surface area (Å²) in [5.74, 6) is -0.375. The minimum absolute atomic E-state index is 0.314. The summed E-state index contributed by atoms with van der Waals surface area (Å²) in [7, 11) is 1.36. The van der Waals surface area contributed by atoms with Crippen LogP contribution in [0.1, 0.15) is 40.5 Å². The fraction of sp³-hybridized carbons (Fsp3) is 0.357. The Balaban J connectivity index is 2.28. The van der Waals surface area contributed by atoms with Crippen LogP contribution >= 0.6 is 0 Å². The van der Waals surface area contributed by atoms with Crippen molar-refractivity contribution < 1.29 is 9.53 Å². The number of H-pyrrole nitrogens is 1. The summed E-state index contributed by atoms with van der Waals surface area (Å²) in [5, 5.41) is 4.12. The van der Waals surface area contributed by atoms with Gasteiger partial charge in [0.1, 0.15) is 6.04 Å². The molecule has 1 N–H and O–H groups in total. The van der Waals surface area contributed by atoms with Crippen LogP contribution in [0.25, 0.3) is 10.9 Å². The number of aromatic nitrogens is 1. The van der Waals surface area contributed by atoms with Crippen LogP contribution in [0, 0.1) is 4.91 Å². The minimum atomic E-state index is -0.375. The van der Waals surface area contributed by atoms with Gasteiger partial charge in [0.2, 0.25) is 0 Å². The van der Waals surface area contributed by atoms with Gasteiger partial charge in [-0.15, -0.1) is 0 Å². The van der Waals surface area contributed by atoms with E-state index in [-0.39, 0.29) is 12.0 Å². The fourth-order valence-electron chi connectivity index (χ4n) is 2.87. The maximum Gasteiger partial charge on any atom is 0.339 e. The van der Waals surface area contributed by atoms with Crippen molar-refractivity contribution in [1.29, 1.82) is 0 Å². The lowest BCUT2D eigenvalue weighted by Gasteiger charge is -2.16. The molecule has 1 atom stereocenters. The number of ether oxygens (including phenoxy) is 1. The van der Waals surface area contributed by atoms with E-state index >= 15 is 0 Å². The largest absolute Gasteiger partial charge is 0.465 e. The Bertz CT molecular complexity index is 660. The number of carbonyl (C=O) groups is 1. The van der Waals surface area contributed by atoms with Gasteiger partial charge in [-0.05, 0) is 25.3 Å². The van der Waals surface area contributed by atoms with Crippen LogP contribution < -0.4 is 0 Å². The summed E-state index contributed by atoms with van der Waals surface area (Å²) in [6, 6.07) is 5.13. The van der Waals surface area contributed by atoms with Gasteiger partial charge in [-0.2, -0.15) is 4.91 Å². The zero-order valence-electron chi connectivity index (χ0n) is 10.6. The molecule has 0 amide bonds. The zero-order chi connectivity index (χ0) is 13.4. The molecule has 0 saturated heterocycles. The molecule has 0 saturated carbocycles. The lowest BCUT2D eigenvalue weighted by Crippen LogP contribution is -2.05. The van der Waals surface area contributed by atoms with Gasteiger partial charge in [-0.3, -0.25) is 0 Å². The van der Waals surface area contributed by atoms with Gasteiger partial charge in [-0.25, -0.2) is 4.79 Å². The average molecular weight is 258 g/mol. The summed E-state index contributed by atoms with van der Waals surface area (Å²) >= 11 is 0. The summed E-state index contributed by atoms with van der Waals surface area (Å²) in [4.78, 5) is 26.0. The van der Waals surface area contributed by atoms with E-state index in [1.807, 2.05) is 6.07 Å². The topological polar surface area (TPSA) is 71.5 Å². The summed E-state index contributed by atoms with van der Waals surface area (Å²) in [6.45, 7) is 0. The first-order valence-corrected chi connectivity index (χ1v) is 6.30. The molecule has 0 spiro atoms.